The minimum atomic E-state index is -0.854. The monoisotopic (exact) mass is 369 g/mol. The van der Waals surface area contributed by atoms with Gasteiger partial charge in [-0.1, -0.05) is 12.8 Å². The van der Waals surface area contributed by atoms with E-state index in [2.05, 4.69) is 10.6 Å². The average molecular weight is 369 g/mol. The lowest BCUT2D eigenvalue weighted by Crippen LogP contribution is -2.44. The number of rotatable bonds is 9. The third-order valence-electron chi connectivity index (χ3n) is 4.45. The maximum absolute atomic E-state index is 12.4. The Morgan fingerprint density at radius 3 is 2.62 bits per heavy atom. The zero-order valence-corrected chi connectivity index (χ0v) is 15.3. The van der Waals surface area contributed by atoms with Crippen LogP contribution in [0.2, 0.25) is 0 Å². The number of carbonyl (C=O) groups excluding carboxylic acids is 4. The van der Waals surface area contributed by atoms with E-state index in [-0.39, 0.29) is 12.0 Å². The second-order valence-corrected chi connectivity index (χ2v) is 6.89. The molecule has 0 aromatic rings. The molecule has 1 saturated carbocycles. The van der Waals surface area contributed by atoms with Crippen LogP contribution in [0, 0.1) is 0 Å². The van der Waals surface area contributed by atoms with Crippen LogP contribution >= 0.6 is 0 Å². The molecule has 4 amide bonds. The van der Waals surface area contributed by atoms with Crippen molar-refractivity contribution in [1.29, 1.82) is 0 Å². The summed E-state index contributed by atoms with van der Waals surface area (Å²) in [6.45, 7) is 3.88. The molecule has 146 valence electrons. The van der Waals surface area contributed by atoms with Crippen LogP contribution in [0.15, 0.2) is 0 Å². The number of carbonyl (C=O) groups is 4. The molecule has 0 bridgehead atoms. The van der Waals surface area contributed by atoms with Crippen molar-refractivity contribution in [2.24, 2.45) is 0 Å². The van der Waals surface area contributed by atoms with Gasteiger partial charge in [-0.2, -0.15) is 0 Å². The van der Waals surface area contributed by atoms with Gasteiger partial charge in [0.25, 0.3) is 11.8 Å². The Kier molecular flexibility index (Phi) is 6.96. The number of ether oxygens (including phenoxy) is 2. The molecule has 0 radical (unpaired) electrons. The molecule has 9 nitrogen and oxygen atoms in total. The molecule has 2 N–H and O–H groups in total. The van der Waals surface area contributed by atoms with E-state index < -0.39 is 36.6 Å². The fraction of sp³-hybridized carbons (Fsp3) is 0.765. The van der Waals surface area contributed by atoms with Gasteiger partial charge in [0.05, 0.1) is 6.10 Å². The normalized spacial score (nSPS) is 18.5. The minimum Gasteiger partial charge on any atom is -0.454 e. The standard InChI is InChI=1S/C17H27N3O6/c1-12(2)25-9-5-8-18-13(21)11-26-14(22)10-20-15(23)17(19-16(20)24)6-3-4-7-17/h12H,3-11H2,1-2H3,(H,18,21)(H,19,24). The van der Waals surface area contributed by atoms with Crippen LogP contribution in [-0.2, 0) is 23.9 Å². The van der Waals surface area contributed by atoms with Crippen molar-refractivity contribution < 1.29 is 28.7 Å². The molecule has 2 aliphatic rings. The van der Waals surface area contributed by atoms with E-state index in [0.29, 0.717) is 32.4 Å². The average Bonchev–Trinajstić information content (AvgIpc) is 3.13. The van der Waals surface area contributed by atoms with Gasteiger partial charge >= 0.3 is 12.0 Å². The first-order chi connectivity index (χ1) is 12.3. The Hall–Kier alpha value is -2.16. The first kappa shape index (κ1) is 20.2. The highest BCUT2D eigenvalue weighted by atomic mass is 16.5. The van der Waals surface area contributed by atoms with E-state index >= 15 is 0 Å². The number of urea groups is 1. The largest absolute Gasteiger partial charge is 0.454 e. The molecule has 26 heavy (non-hydrogen) atoms. The highest BCUT2D eigenvalue weighted by molar-refractivity contribution is 6.08. The Bertz CT molecular complexity index is 557. The van der Waals surface area contributed by atoms with Crippen LogP contribution in [0.4, 0.5) is 4.79 Å². The lowest BCUT2D eigenvalue weighted by Gasteiger charge is -2.19. The van der Waals surface area contributed by atoms with Crippen molar-refractivity contribution in [3.8, 4) is 0 Å². The van der Waals surface area contributed by atoms with Crippen molar-refractivity contribution >= 4 is 23.8 Å². The fourth-order valence-electron chi connectivity index (χ4n) is 3.13. The summed E-state index contributed by atoms with van der Waals surface area (Å²) in [6, 6.07) is -0.580. The number of hydrogen-bond acceptors (Lipinski definition) is 6. The van der Waals surface area contributed by atoms with E-state index in [1.54, 1.807) is 0 Å². The molecule has 1 spiro atoms. The highest BCUT2D eigenvalue weighted by Gasteiger charge is 2.52. The Balaban J connectivity index is 1.66. The molecule has 0 aromatic carbocycles. The van der Waals surface area contributed by atoms with Crippen LogP contribution in [0.5, 0.6) is 0 Å². The molecule has 9 heteroatoms. The van der Waals surface area contributed by atoms with Crippen LogP contribution < -0.4 is 10.6 Å². The SMILES string of the molecule is CC(C)OCCCNC(=O)COC(=O)CN1C(=O)NC2(CCCC2)C1=O. The number of imide groups is 1. The molecule has 2 fully saturated rings. The molecule has 0 atom stereocenters. The maximum atomic E-state index is 12.4. The molecular formula is C17H27N3O6. The quantitative estimate of drug-likeness (QED) is 0.344. The predicted octanol–water partition coefficient (Wildman–Crippen LogP) is 0.326. The molecule has 2 rings (SSSR count). The van der Waals surface area contributed by atoms with Gasteiger partial charge in [-0.15, -0.1) is 0 Å². The number of amides is 4. The van der Waals surface area contributed by atoms with Gasteiger partial charge in [0.1, 0.15) is 12.1 Å². The predicted molar refractivity (Wildman–Crippen MR) is 91.1 cm³/mol. The highest BCUT2D eigenvalue weighted by Crippen LogP contribution is 2.34. The summed E-state index contributed by atoms with van der Waals surface area (Å²) in [5.74, 6) is -1.61. The van der Waals surface area contributed by atoms with E-state index in [4.69, 9.17) is 9.47 Å². The van der Waals surface area contributed by atoms with Gasteiger partial charge in [-0.25, -0.2) is 4.79 Å². The van der Waals surface area contributed by atoms with Crippen molar-refractivity contribution in [2.45, 2.75) is 57.6 Å². The molecular weight excluding hydrogens is 342 g/mol. The molecule has 1 aliphatic heterocycles. The van der Waals surface area contributed by atoms with Gasteiger partial charge in [0.15, 0.2) is 6.61 Å². The van der Waals surface area contributed by atoms with Crippen molar-refractivity contribution in [1.82, 2.24) is 15.5 Å². The van der Waals surface area contributed by atoms with Crippen molar-refractivity contribution in [3.63, 3.8) is 0 Å². The molecule has 0 unspecified atom stereocenters. The summed E-state index contributed by atoms with van der Waals surface area (Å²) >= 11 is 0. The third-order valence-corrected chi connectivity index (χ3v) is 4.45. The summed E-state index contributed by atoms with van der Waals surface area (Å²) < 4.78 is 10.2. The lowest BCUT2D eigenvalue weighted by atomic mass is 9.98. The van der Waals surface area contributed by atoms with Gasteiger partial charge < -0.3 is 20.1 Å². The lowest BCUT2D eigenvalue weighted by molar-refractivity contribution is -0.151. The van der Waals surface area contributed by atoms with Crippen molar-refractivity contribution in [3.05, 3.63) is 0 Å². The Labute approximate surface area is 152 Å². The smallest absolute Gasteiger partial charge is 0.326 e. The van der Waals surface area contributed by atoms with Crippen LogP contribution in [0.1, 0.15) is 46.0 Å². The fourth-order valence-corrected chi connectivity index (χ4v) is 3.13. The first-order valence-electron chi connectivity index (χ1n) is 9.02. The first-order valence-corrected chi connectivity index (χ1v) is 9.02. The van der Waals surface area contributed by atoms with E-state index in [9.17, 15) is 19.2 Å². The van der Waals surface area contributed by atoms with E-state index in [1.165, 1.54) is 0 Å². The summed E-state index contributed by atoms with van der Waals surface area (Å²) in [6.07, 6.45) is 3.71. The van der Waals surface area contributed by atoms with Crippen LogP contribution in [-0.4, -0.2) is 66.7 Å². The Morgan fingerprint density at radius 2 is 1.96 bits per heavy atom. The third kappa shape index (κ3) is 5.17. The zero-order valence-electron chi connectivity index (χ0n) is 15.3. The van der Waals surface area contributed by atoms with E-state index in [1.807, 2.05) is 13.8 Å². The maximum Gasteiger partial charge on any atom is 0.326 e. The topological polar surface area (TPSA) is 114 Å². The van der Waals surface area contributed by atoms with Crippen LogP contribution in [0.25, 0.3) is 0 Å². The summed E-state index contributed by atoms with van der Waals surface area (Å²) in [5.41, 5.74) is -0.854. The van der Waals surface area contributed by atoms with Crippen LogP contribution in [0.3, 0.4) is 0 Å². The summed E-state index contributed by atoms with van der Waals surface area (Å²) in [4.78, 5) is 48.7. The molecule has 1 heterocycles. The van der Waals surface area contributed by atoms with Crippen molar-refractivity contribution in [2.75, 3.05) is 26.3 Å². The molecule has 1 aliphatic carbocycles. The number of nitrogens with one attached hydrogen (secondary N) is 2. The second-order valence-electron chi connectivity index (χ2n) is 6.89. The van der Waals surface area contributed by atoms with E-state index in [0.717, 1.165) is 17.7 Å². The zero-order chi connectivity index (χ0) is 19.2. The second kappa shape index (κ2) is 8.98. The number of esters is 1. The van der Waals surface area contributed by atoms with Gasteiger partial charge in [-0.05, 0) is 33.1 Å². The Morgan fingerprint density at radius 1 is 1.27 bits per heavy atom. The van der Waals surface area contributed by atoms with Gasteiger partial charge in [-0.3, -0.25) is 19.3 Å². The van der Waals surface area contributed by atoms with Gasteiger partial charge in [0.2, 0.25) is 0 Å². The van der Waals surface area contributed by atoms with Gasteiger partial charge in [0, 0.05) is 13.2 Å². The molecule has 0 aromatic heterocycles. The number of nitrogens with zero attached hydrogens (tertiary/aromatic N) is 1. The summed E-state index contributed by atoms with van der Waals surface area (Å²) in [7, 11) is 0. The summed E-state index contributed by atoms with van der Waals surface area (Å²) in [5, 5.41) is 5.29. The minimum absolute atomic E-state index is 0.139. The number of hydrogen-bond donors (Lipinski definition) is 2. The molecule has 1 saturated heterocycles.